The molecule has 0 aliphatic carbocycles. The molecule has 0 spiro atoms. The van der Waals surface area contributed by atoms with Gasteiger partial charge in [-0.3, -0.25) is 9.71 Å². The minimum absolute atomic E-state index is 0.144. The molecule has 0 aliphatic heterocycles. The second kappa shape index (κ2) is 5.37. The molecular weight excluding hydrogens is 265 g/mol. The predicted octanol–water partition coefficient (Wildman–Crippen LogP) is 1.03. The second-order valence-corrected chi connectivity index (χ2v) is 5.64. The zero-order valence-corrected chi connectivity index (χ0v) is 10.7. The number of sulfonamides is 1. The fraction of sp³-hybridized carbons (Fsp3) is 0.333. The summed E-state index contributed by atoms with van der Waals surface area (Å²) < 4.78 is 39.1. The molecule has 0 aromatic carbocycles. The molecule has 0 aliphatic rings. The quantitative estimate of drug-likeness (QED) is 0.785. The van der Waals surface area contributed by atoms with E-state index in [1.807, 2.05) is 0 Å². The fourth-order valence-electron chi connectivity index (χ4n) is 1.26. The Balaban J connectivity index is 3.02. The van der Waals surface area contributed by atoms with Crippen LogP contribution < -0.4 is 10.5 Å². The van der Waals surface area contributed by atoms with Gasteiger partial charge in [0.2, 0.25) is 10.0 Å². The summed E-state index contributed by atoms with van der Waals surface area (Å²) in [5, 5.41) is -1.02. The lowest BCUT2D eigenvalue weighted by Crippen LogP contribution is -2.37. The first-order valence-corrected chi connectivity index (χ1v) is 6.74. The lowest BCUT2D eigenvalue weighted by molar-refractivity contribution is 0.591. The van der Waals surface area contributed by atoms with Crippen LogP contribution in [0.1, 0.15) is 13.3 Å². The van der Waals surface area contributed by atoms with Crippen molar-refractivity contribution in [2.45, 2.75) is 18.6 Å². The summed E-state index contributed by atoms with van der Waals surface area (Å²) in [5.74, 6) is -0.756. The monoisotopic (exact) mass is 277 g/mol. The van der Waals surface area contributed by atoms with E-state index in [4.69, 9.17) is 5.73 Å². The van der Waals surface area contributed by atoms with Crippen molar-refractivity contribution in [1.29, 1.82) is 0 Å². The van der Waals surface area contributed by atoms with Crippen molar-refractivity contribution >= 4 is 32.9 Å². The summed E-state index contributed by atoms with van der Waals surface area (Å²) in [5.41, 5.74) is 5.16. The van der Waals surface area contributed by atoms with Gasteiger partial charge in [0, 0.05) is 6.20 Å². The molecule has 94 valence electrons. The molecule has 1 atom stereocenters. The smallest absolute Gasteiger partial charge is 0.242 e. The van der Waals surface area contributed by atoms with E-state index < -0.39 is 21.1 Å². The van der Waals surface area contributed by atoms with E-state index in [0.29, 0.717) is 0 Å². The minimum Gasteiger partial charge on any atom is -0.392 e. The minimum atomic E-state index is -3.83. The number of nitrogens with zero attached hydrogens (tertiary/aromatic N) is 1. The third-order valence-corrected chi connectivity index (χ3v) is 4.36. The van der Waals surface area contributed by atoms with Gasteiger partial charge in [0.05, 0.1) is 16.9 Å². The third kappa shape index (κ3) is 3.34. The molecule has 1 heterocycles. The Kier molecular flexibility index (Phi) is 4.35. The maximum atomic E-state index is 13.2. The van der Waals surface area contributed by atoms with Crippen molar-refractivity contribution in [3.8, 4) is 0 Å². The van der Waals surface area contributed by atoms with Crippen LogP contribution >= 0.6 is 12.2 Å². The number of hydrogen-bond donors (Lipinski definition) is 2. The summed E-state index contributed by atoms with van der Waals surface area (Å²) in [6, 6.07) is 1.22. The topological polar surface area (TPSA) is 85.1 Å². The lowest BCUT2D eigenvalue weighted by atomic mass is 10.3. The molecular formula is C9H12FN3O2S2. The number of anilines is 1. The molecule has 0 saturated carbocycles. The molecule has 1 aromatic rings. The number of thiocarbonyl (C=S) groups is 1. The van der Waals surface area contributed by atoms with Crippen molar-refractivity contribution in [2.24, 2.45) is 5.73 Å². The molecule has 17 heavy (non-hydrogen) atoms. The van der Waals surface area contributed by atoms with Gasteiger partial charge in [-0.05, 0) is 12.5 Å². The number of nitrogens with two attached hydrogens (primary N) is 1. The van der Waals surface area contributed by atoms with Crippen molar-refractivity contribution in [1.82, 2.24) is 4.98 Å². The van der Waals surface area contributed by atoms with Crippen molar-refractivity contribution in [2.75, 3.05) is 4.72 Å². The van der Waals surface area contributed by atoms with Crippen LogP contribution in [0.4, 0.5) is 10.1 Å². The molecule has 1 unspecified atom stereocenters. The average molecular weight is 277 g/mol. The highest BCUT2D eigenvalue weighted by Gasteiger charge is 2.27. The van der Waals surface area contributed by atoms with Gasteiger partial charge < -0.3 is 5.73 Å². The molecule has 1 rings (SSSR count). The zero-order chi connectivity index (χ0) is 13.1. The van der Waals surface area contributed by atoms with Gasteiger partial charge in [-0.15, -0.1) is 0 Å². The number of halogens is 1. The van der Waals surface area contributed by atoms with E-state index in [9.17, 15) is 12.8 Å². The number of nitrogens with one attached hydrogen (secondary N) is 1. The van der Waals surface area contributed by atoms with Crippen LogP contribution in [-0.4, -0.2) is 23.6 Å². The summed E-state index contributed by atoms with van der Waals surface area (Å²) in [6.07, 6.45) is 2.42. The zero-order valence-electron chi connectivity index (χ0n) is 9.05. The van der Waals surface area contributed by atoms with Crippen LogP contribution in [-0.2, 0) is 10.0 Å². The largest absolute Gasteiger partial charge is 0.392 e. The van der Waals surface area contributed by atoms with Gasteiger partial charge in [-0.1, -0.05) is 19.1 Å². The first-order valence-electron chi connectivity index (χ1n) is 4.79. The second-order valence-electron chi connectivity index (χ2n) is 3.30. The van der Waals surface area contributed by atoms with Crippen molar-refractivity contribution in [3.63, 3.8) is 0 Å². The molecule has 0 fully saturated rings. The predicted molar refractivity (Wildman–Crippen MR) is 67.6 cm³/mol. The average Bonchev–Trinajstić information content (AvgIpc) is 2.21. The number of pyridine rings is 1. The Morgan fingerprint density at radius 1 is 1.71 bits per heavy atom. The molecule has 3 N–H and O–H groups in total. The molecule has 0 amide bonds. The van der Waals surface area contributed by atoms with Gasteiger partial charge in [0.15, 0.2) is 5.82 Å². The number of rotatable bonds is 5. The Morgan fingerprint density at radius 3 is 2.82 bits per heavy atom. The number of aromatic nitrogens is 1. The maximum absolute atomic E-state index is 13.2. The molecule has 0 saturated heterocycles. The third-order valence-electron chi connectivity index (χ3n) is 2.09. The van der Waals surface area contributed by atoms with Crippen LogP contribution in [0.2, 0.25) is 0 Å². The standard InChI is InChI=1S/C9H12FN3O2S2/c1-2-8(9(11)16)17(14,15)13-7-3-4-12-5-6(7)10/h3-5,8H,2H2,1H3,(H2,11,16)(H,12,13). The van der Waals surface area contributed by atoms with E-state index in [2.05, 4.69) is 21.9 Å². The Hall–Kier alpha value is -1.28. The molecule has 8 heteroatoms. The summed E-state index contributed by atoms with van der Waals surface area (Å²) >= 11 is 4.67. The number of hydrogen-bond acceptors (Lipinski definition) is 4. The molecule has 5 nitrogen and oxygen atoms in total. The van der Waals surface area contributed by atoms with Gasteiger partial charge in [-0.25, -0.2) is 12.8 Å². The summed E-state index contributed by atoms with van der Waals surface area (Å²) in [7, 11) is -3.83. The Labute approximate surface area is 104 Å². The Bertz CT molecular complexity index is 519. The first-order chi connectivity index (χ1) is 7.88. The van der Waals surface area contributed by atoms with Gasteiger partial charge in [0.1, 0.15) is 5.25 Å². The SMILES string of the molecule is CCC(C(N)=S)S(=O)(=O)Nc1ccncc1F. The van der Waals surface area contributed by atoms with Crippen LogP contribution in [0.25, 0.3) is 0 Å². The maximum Gasteiger partial charge on any atom is 0.242 e. The van der Waals surface area contributed by atoms with E-state index in [-0.39, 0.29) is 17.1 Å². The molecule has 0 bridgehead atoms. The summed E-state index contributed by atoms with van der Waals surface area (Å²) in [4.78, 5) is 3.37. The van der Waals surface area contributed by atoms with E-state index >= 15 is 0 Å². The van der Waals surface area contributed by atoms with Gasteiger partial charge >= 0.3 is 0 Å². The van der Waals surface area contributed by atoms with Crippen LogP contribution in [0, 0.1) is 5.82 Å². The fourth-order valence-corrected chi connectivity index (χ4v) is 3.16. The molecule has 1 aromatic heterocycles. The van der Waals surface area contributed by atoms with E-state index in [1.165, 1.54) is 12.3 Å². The van der Waals surface area contributed by atoms with Gasteiger partial charge in [0.25, 0.3) is 0 Å². The van der Waals surface area contributed by atoms with Crippen LogP contribution in [0.5, 0.6) is 0 Å². The highest BCUT2D eigenvalue weighted by molar-refractivity contribution is 7.95. The van der Waals surface area contributed by atoms with Gasteiger partial charge in [-0.2, -0.15) is 0 Å². The first kappa shape index (κ1) is 13.8. The van der Waals surface area contributed by atoms with Crippen molar-refractivity contribution < 1.29 is 12.8 Å². The highest BCUT2D eigenvalue weighted by atomic mass is 32.2. The Morgan fingerprint density at radius 2 is 2.35 bits per heavy atom. The molecule has 0 radical (unpaired) electrons. The lowest BCUT2D eigenvalue weighted by Gasteiger charge is -2.16. The van der Waals surface area contributed by atoms with Crippen LogP contribution in [0.3, 0.4) is 0 Å². The highest BCUT2D eigenvalue weighted by Crippen LogP contribution is 2.16. The summed E-state index contributed by atoms with van der Waals surface area (Å²) in [6.45, 7) is 1.63. The van der Waals surface area contributed by atoms with Crippen LogP contribution in [0.15, 0.2) is 18.5 Å². The van der Waals surface area contributed by atoms with Crippen molar-refractivity contribution in [3.05, 3.63) is 24.3 Å². The normalized spacial score (nSPS) is 13.1. The van der Waals surface area contributed by atoms with E-state index in [1.54, 1.807) is 6.92 Å². The van der Waals surface area contributed by atoms with E-state index in [0.717, 1.165) is 6.20 Å².